The maximum Gasteiger partial charge on any atom is 0.416 e. The van der Waals surface area contributed by atoms with E-state index < -0.39 is 29.4 Å². The van der Waals surface area contributed by atoms with E-state index in [4.69, 9.17) is 4.74 Å². The molecule has 1 N–H and O–H groups in total. The highest BCUT2D eigenvalue weighted by atomic mass is 19.4. The van der Waals surface area contributed by atoms with Crippen LogP contribution in [0.1, 0.15) is 33.5 Å². The number of fused-ring (bicyclic) bond motifs is 1. The summed E-state index contributed by atoms with van der Waals surface area (Å²) in [5, 5.41) is 1.00. The monoisotopic (exact) mass is 569 g/mol. The van der Waals surface area contributed by atoms with Crippen molar-refractivity contribution in [1.82, 2.24) is 14.8 Å². The van der Waals surface area contributed by atoms with Gasteiger partial charge < -0.3 is 19.5 Å². The van der Waals surface area contributed by atoms with Gasteiger partial charge in [0.15, 0.2) is 0 Å². The Balaban J connectivity index is 1.57. The van der Waals surface area contributed by atoms with Gasteiger partial charge in [0.25, 0.3) is 5.91 Å². The number of H-pyrrole nitrogens is 1. The van der Waals surface area contributed by atoms with Gasteiger partial charge in [-0.05, 0) is 54.3 Å². The minimum Gasteiger partial charge on any atom is -0.385 e. The Hall–Kier alpha value is -4.18. The number of carbonyl (C=O) groups excluding carboxylic acids is 2. The van der Waals surface area contributed by atoms with Gasteiger partial charge in [-0.15, -0.1) is 0 Å². The van der Waals surface area contributed by atoms with Crippen molar-refractivity contribution in [1.29, 1.82) is 0 Å². The molecule has 2 amide bonds. The van der Waals surface area contributed by atoms with Gasteiger partial charge in [-0.1, -0.05) is 42.5 Å². The Morgan fingerprint density at radius 2 is 1.61 bits per heavy atom. The molecule has 0 spiro atoms. The van der Waals surface area contributed by atoms with E-state index in [1.165, 1.54) is 47.2 Å². The molecule has 3 aromatic carbocycles. The Morgan fingerprint density at radius 1 is 0.902 bits per heavy atom. The van der Waals surface area contributed by atoms with Gasteiger partial charge in [0.1, 0.15) is 12.4 Å². The predicted molar refractivity (Wildman–Crippen MR) is 148 cm³/mol. The topological polar surface area (TPSA) is 65.6 Å². The van der Waals surface area contributed by atoms with Crippen LogP contribution in [0.5, 0.6) is 0 Å². The van der Waals surface area contributed by atoms with Crippen LogP contribution < -0.4 is 0 Å². The zero-order valence-electron chi connectivity index (χ0n) is 22.6. The normalized spacial score (nSPS) is 11.5. The standard InChI is InChI=1S/C31H31F4N3O3/c1-41-18-6-16-38(30(40)26-8-2-4-9-27(26)32)21-29(39)37(20-22-11-13-24(14-12-22)31(33,34)35)17-15-23-19-36-28-10-5-3-7-25(23)28/h2-5,7-14,19,36H,6,15-18,20-21H2,1H3. The number of benzene rings is 3. The second-order valence-corrected chi connectivity index (χ2v) is 9.67. The van der Waals surface area contributed by atoms with Gasteiger partial charge in [0.2, 0.25) is 5.91 Å². The van der Waals surface area contributed by atoms with E-state index in [2.05, 4.69) is 4.98 Å². The molecule has 0 unspecified atom stereocenters. The molecule has 0 radical (unpaired) electrons. The third kappa shape index (κ3) is 7.73. The van der Waals surface area contributed by atoms with E-state index in [0.717, 1.165) is 28.6 Å². The molecule has 0 atom stereocenters. The highest BCUT2D eigenvalue weighted by Gasteiger charge is 2.30. The molecular weight excluding hydrogens is 538 g/mol. The van der Waals surface area contributed by atoms with Crippen LogP contribution in [0.3, 0.4) is 0 Å². The van der Waals surface area contributed by atoms with Crippen LogP contribution in [0.2, 0.25) is 0 Å². The summed E-state index contributed by atoms with van der Waals surface area (Å²) < 4.78 is 58.8. The van der Waals surface area contributed by atoms with Gasteiger partial charge >= 0.3 is 6.18 Å². The molecule has 1 heterocycles. The number of hydrogen-bond donors (Lipinski definition) is 1. The molecule has 0 saturated carbocycles. The zero-order chi connectivity index (χ0) is 29.4. The molecule has 6 nitrogen and oxygen atoms in total. The lowest BCUT2D eigenvalue weighted by molar-refractivity contribution is -0.137. The second kappa shape index (κ2) is 13.5. The number of amides is 2. The fraction of sp³-hybridized carbons (Fsp3) is 0.290. The number of carbonyl (C=O) groups is 2. The molecule has 0 aliphatic rings. The van der Waals surface area contributed by atoms with Crippen molar-refractivity contribution in [2.24, 2.45) is 0 Å². The van der Waals surface area contributed by atoms with Gasteiger partial charge in [0, 0.05) is 50.5 Å². The lowest BCUT2D eigenvalue weighted by Gasteiger charge is -2.28. The van der Waals surface area contributed by atoms with Crippen molar-refractivity contribution in [2.75, 3.05) is 33.4 Å². The van der Waals surface area contributed by atoms with Crippen LogP contribution in [0, 0.1) is 5.82 Å². The SMILES string of the molecule is COCCCN(CC(=O)N(CCc1c[nH]c2ccccc12)Cc1ccc(C(F)(F)F)cc1)C(=O)c1ccccc1F. The molecule has 4 rings (SSSR count). The maximum absolute atomic E-state index is 14.4. The summed E-state index contributed by atoms with van der Waals surface area (Å²) in [5.74, 6) is -1.73. The smallest absolute Gasteiger partial charge is 0.385 e. The molecule has 0 fully saturated rings. The number of para-hydroxylation sites is 1. The van der Waals surface area contributed by atoms with Gasteiger partial charge in [0.05, 0.1) is 11.1 Å². The third-order valence-electron chi connectivity index (χ3n) is 6.83. The van der Waals surface area contributed by atoms with Crippen LogP contribution in [0.15, 0.2) is 79.0 Å². The minimum absolute atomic E-state index is 0.0408. The van der Waals surface area contributed by atoms with Crippen molar-refractivity contribution >= 4 is 22.7 Å². The Bertz CT molecular complexity index is 1470. The lowest BCUT2D eigenvalue weighted by atomic mass is 10.1. The highest BCUT2D eigenvalue weighted by Crippen LogP contribution is 2.29. The molecule has 216 valence electrons. The molecule has 0 bridgehead atoms. The number of halogens is 4. The van der Waals surface area contributed by atoms with Crippen LogP contribution in [0.25, 0.3) is 10.9 Å². The third-order valence-corrected chi connectivity index (χ3v) is 6.83. The average molecular weight is 570 g/mol. The number of aromatic amines is 1. The predicted octanol–water partition coefficient (Wildman–Crippen LogP) is 6.08. The van der Waals surface area contributed by atoms with Crippen molar-refractivity contribution in [3.63, 3.8) is 0 Å². The van der Waals surface area contributed by atoms with E-state index in [1.54, 1.807) is 6.07 Å². The van der Waals surface area contributed by atoms with Crippen molar-refractivity contribution < 1.29 is 31.9 Å². The summed E-state index contributed by atoms with van der Waals surface area (Å²) in [6.07, 6.45) is -1.71. The van der Waals surface area contributed by atoms with Crippen molar-refractivity contribution in [3.05, 3.63) is 107 Å². The fourth-order valence-corrected chi connectivity index (χ4v) is 4.63. The summed E-state index contributed by atoms with van der Waals surface area (Å²) >= 11 is 0. The minimum atomic E-state index is -4.47. The summed E-state index contributed by atoms with van der Waals surface area (Å²) in [6.45, 7) is 0.459. The number of methoxy groups -OCH3 is 1. The van der Waals surface area contributed by atoms with Crippen LogP contribution in [-0.2, 0) is 28.7 Å². The molecule has 0 aliphatic carbocycles. The second-order valence-electron chi connectivity index (χ2n) is 9.67. The lowest BCUT2D eigenvalue weighted by Crippen LogP contribution is -2.44. The molecular formula is C31H31F4N3O3. The first-order valence-electron chi connectivity index (χ1n) is 13.2. The Morgan fingerprint density at radius 3 is 2.32 bits per heavy atom. The number of hydrogen-bond acceptors (Lipinski definition) is 3. The first-order valence-corrected chi connectivity index (χ1v) is 13.2. The van der Waals surface area contributed by atoms with Crippen molar-refractivity contribution in [2.45, 2.75) is 25.6 Å². The molecule has 0 aliphatic heterocycles. The largest absolute Gasteiger partial charge is 0.416 e. The number of rotatable bonds is 12. The number of alkyl halides is 3. The molecule has 41 heavy (non-hydrogen) atoms. The summed E-state index contributed by atoms with van der Waals surface area (Å²) in [5.41, 5.74) is 1.51. The number of nitrogens with one attached hydrogen (secondary N) is 1. The van der Waals surface area contributed by atoms with Gasteiger partial charge in [-0.25, -0.2) is 4.39 Å². The van der Waals surface area contributed by atoms with Crippen molar-refractivity contribution in [3.8, 4) is 0 Å². The Labute approximate surface area is 235 Å². The van der Waals surface area contributed by atoms with Gasteiger partial charge in [-0.3, -0.25) is 9.59 Å². The number of ether oxygens (including phenoxy) is 1. The number of aromatic nitrogens is 1. The first-order chi connectivity index (χ1) is 19.7. The van der Waals surface area contributed by atoms with Crippen LogP contribution in [0.4, 0.5) is 17.6 Å². The van der Waals surface area contributed by atoms with Crippen LogP contribution in [-0.4, -0.2) is 59.9 Å². The van der Waals surface area contributed by atoms with Crippen LogP contribution >= 0.6 is 0 Å². The quantitative estimate of drug-likeness (QED) is 0.166. The maximum atomic E-state index is 14.4. The molecule has 10 heteroatoms. The summed E-state index contributed by atoms with van der Waals surface area (Å²) in [7, 11) is 1.52. The van der Waals surface area contributed by atoms with Gasteiger partial charge in [-0.2, -0.15) is 13.2 Å². The van der Waals surface area contributed by atoms with E-state index in [9.17, 15) is 27.2 Å². The van der Waals surface area contributed by atoms with E-state index in [0.29, 0.717) is 25.0 Å². The average Bonchev–Trinajstić information content (AvgIpc) is 3.37. The summed E-state index contributed by atoms with van der Waals surface area (Å²) in [4.78, 5) is 32.9. The highest BCUT2D eigenvalue weighted by molar-refractivity contribution is 5.96. The molecule has 4 aromatic rings. The summed E-state index contributed by atoms with van der Waals surface area (Å²) in [6, 6.07) is 17.9. The molecule has 1 aromatic heterocycles. The van der Waals surface area contributed by atoms with E-state index in [1.807, 2.05) is 30.5 Å². The fourth-order valence-electron chi connectivity index (χ4n) is 4.63. The van der Waals surface area contributed by atoms with E-state index in [-0.39, 0.29) is 31.7 Å². The Kier molecular flexibility index (Phi) is 9.78. The first kappa shape index (κ1) is 29.8. The van der Waals surface area contributed by atoms with E-state index >= 15 is 0 Å². The molecule has 0 saturated heterocycles. The zero-order valence-corrected chi connectivity index (χ0v) is 22.6. The number of nitrogens with zero attached hydrogens (tertiary/aromatic N) is 2.